The number of thiazole rings is 1. The highest BCUT2D eigenvalue weighted by atomic mass is 32.1. The Balaban J connectivity index is 1.67. The maximum atomic E-state index is 13.5. The van der Waals surface area contributed by atoms with Crippen molar-refractivity contribution in [3.8, 4) is 5.13 Å². The quantitative estimate of drug-likeness (QED) is 0.561. The third kappa shape index (κ3) is 3.46. The zero-order valence-corrected chi connectivity index (χ0v) is 16.4. The van der Waals surface area contributed by atoms with Gasteiger partial charge in [-0.05, 0) is 43.3 Å². The van der Waals surface area contributed by atoms with Crippen LogP contribution in [0.15, 0.2) is 48.5 Å². The van der Waals surface area contributed by atoms with Crippen LogP contribution in [0.2, 0.25) is 0 Å². The number of nitrogens with zero attached hydrogens (tertiary/aromatic N) is 4. The normalized spacial score (nSPS) is 11.0. The fourth-order valence-electron chi connectivity index (χ4n) is 2.83. The lowest BCUT2D eigenvalue weighted by molar-refractivity contribution is 0.102. The number of fused-ring (bicyclic) bond motifs is 1. The maximum Gasteiger partial charge on any atom is 0.256 e. The first-order chi connectivity index (χ1) is 13.4. The zero-order chi connectivity index (χ0) is 19.8. The molecule has 0 saturated heterocycles. The van der Waals surface area contributed by atoms with Crippen LogP contribution < -0.4 is 10.2 Å². The Morgan fingerprint density at radius 1 is 1.18 bits per heavy atom. The molecule has 0 spiro atoms. The van der Waals surface area contributed by atoms with Gasteiger partial charge in [0.1, 0.15) is 11.6 Å². The molecule has 4 rings (SSSR count). The molecule has 0 fully saturated rings. The number of anilines is 2. The van der Waals surface area contributed by atoms with Crippen molar-refractivity contribution in [2.45, 2.75) is 6.92 Å². The Bertz CT molecular complexity index is 1180. The second kappa shape index (κ2) is 7.05. The van der Waals surface area contributed by atoms with E-state index < -0.39 is 0 Å². The maximum absolute atomic E-state index is 13.5. The monoisotopic (exact) mass is 395 g/mol. The third-order valence-electron chi connectivity index (χ3n) is 4.22. The van der Waals surface area contributed by atoms with Crippen molar-refractivity contribution in [1.82, 2.24) is 14.8 Å². The summed E-state index contributed by atoms with van der Waals surface area (Å²) in [7, 11) is 3.84. The van der Waals surface area contributed by atoms with Gasteiger partial charge in [-0.1, -0.05) is 17.4 Å². The van der Waals surface area contributed by atoms with Gasteiger partial charge < -0.3 is 10.2 Å². The highest BCUT2D eigenvalue weighted by Crippen LogP contribution is 2.28. The molecule has 0 aliphatic carbocycles. The Morgan fingerprint density at radius 2 is 2.00 bits per heavy atom. The number of carbonyl (C=O) groups excluding carboxylic acids is 1. The van der Waals surface area contributed by atoms with Gasteiger partial charge in [0.25, 0.3) is 5.91 Å². The minimum Gasteiger partial charge on any atom is -0.378 e. The van der Waals surface area contributed by atoms with E-state index in [4.69, 9.17) is 0 Å². The standard InChI is InChI=1S/C20H18FN5OS/c1-12-9-18(23-19(27)13-5-4-6-15(10-13)25(2)3)26(24-12)20-22-16-8-7-14(21)11-17(16)28-20/h4-11H,1-3H3,(H,23,27). The Hall–Kier alpha value is -3.26. The molecule has 142 valence electrons. The molecule has 0 saturated carbocycles. The topological polar surface area (TPSA) is 63.1 Å². The van der Waals surface area contributed by atoms with Crippen molar-refractivity contribution in [2.75, 3.05) is 24.3 Å². The summed E-state index contributed by atoms with van der Waals surface area (Å²) in [5.74, 6) is -0.0389. The van der Waals surface area contributed by atoms with Gasteiger partial charge in [-0.15, -0.1) is 0 Å². The van der Waals surface area contributed by atoms with Gasteiger partial charge in [-0.25, -0.2) is 9.37 Å². The number of hydrogen-bond acceptors (Lipinski definition) is 5. The van der Waals surface area contributed by atoms with Gasteiger partial charge in [0.05, 0.1) is 15.9 Å². The van der Waals surface area contributed by atoms with Crippen LogP contribution in [0.4, 0.5) is 15.9 Å². The van der Waals surface area contributed by atoms with Crippen LogP contribution in [0.25, 0.3) is 15.3 Å². The van der Waals surface area contributed by atoms with Crippen LogP contribution in [-0.4, -0.2) is 34.8 Å². The van der Waals surface area contributed by atoms with Crippen LogP contribution >= 0.6 is 11.3 Å². The fraction of sp³-hybridized carbons (Fsp3) is 0.150. The van der Waals surface area contributed by atoms with E-state index in [2.05, 4.69) is 15.4 Å². The molecule has 0 unspecified atom stereocenters. The first-order valence-electron chi connectivity index (χ1n) is 8.62. The molecule has 0 radical (unpaired) electrons. The van der Waals surface area contributed by atoms with Gasteiger partial charge in [0, 0.05) is 31.4 Å². The number of amides is 1. The second-order valence-corrected chi connectivity index (χ2v) is 7.60. The Labute approximate surface area is 165 Å². The SMILES string of the molecule is Cc1cc(NC(=O)c2cccc(N(C)C)c2)n(-c2nc3ccc(F)cc3s2)n1. The van der Waals surface area contributed by atoms with E-state index in [1.165, 1.54) is 23.5 Å². The predicted octanol–water partition coefficient (Wildman–Crippen LogP) is 4.25. The van der Waals surface area contributed by atoms with Crippen molar-refractivity contribution < 1.29 is 9.18 Å². The summed E-state index contributed by atoms with van der Waals surface area (Å²) in [5, 5.41) is 7.90. The molecule has 0 atom stereocenters. The van der Waals surface area contributed by atoms with Gasteiger partial charge >= 0.3 is 0 Å². The summed E-state index contributed by atoms with van der Waals surface area (Å²) in [6.07, 6.45) is 0. The third-order valence-corrected chi connectivity index (χ3v) is 5.21. The summed E-state index contributed by atoms with van der Waals surface area (Å²) in [4.78, 5) is 19.2. The van der Waals surface area contributed by atoms with E-state index in [0.29, 0.717) is 22.0 Å². The van der Waals surface area contributed by atoms with E-state index in [-0.39, 0.29) is 11.7 Å². The van der Waals surface area contributed by atoms with Crippen LogP contribution in [0.5, 0.6) is 0 Å². The van der Waals surface area contributed by atoms with Crippen LogP contribution in [0.3, 0.4) is 0 Å². The number of benzene rings is 2. The Morgan fingerprint density at radius 3 is 2.79 bits per heavy atom. The molecule has 8 heteroatoms. The average molecular weight is 395 g/mol. The van der Waals surface area contributed by atoms with E-state index in [9.17, 15) is 9.18 Å². The first-order valence-corrected chi connectivity index (χ1v) is 9.44. The lowest BCUT2D eigenvalue weighted by Crippen LogP contribution is -2.16. The summed E-state index contributed by atoms with van der Waals surface area (Å²) in [6.45, 7) is 1.84. The molecular weight excluding hydrogens is 377 g/mol. The van der Waals surface area contributed by atoms with Gasteiger partial charge in [-0.3, -0.25) is 4.79 Å². The van der Waals surface area contributed by atoms with Gasteiger partial charge in [0.15, 0.2) is 0 Å². The van der Waals surface area contributed by atoms with Crippen LogP contribution in [0, 0.1) is 12.7 Å². The van der Waals surface area contributed by atoms with E-state index >= 15 is 0 Å². The number of carbonyl (C=O) groups is 1. The molecule has 28 heavy (non-hydrogen) atoms. The van der Waals surface area contributed by atoms with Crippen molar-refractivity contribution in [1.29, 1.82) is 0 Å². The molecule has 4 aromatic rings. The van der Waals surface area contributed by atoms with Gasteiger partial charge in [-0.2, -0.15) is 9.78 Å². The highest BCUT2D eigenvalue weighted by molar-refractivity contribution is 7.20. The lowest BCUT2D eigenvalue weighted by Gasteiger charge is -2.13. The van der Waals surface area contributed by atoms with E-state index in [1.54, 1.807) is 22.9 Å². The summed E-state index contributed by atoms with van der Waals surface area (Å²) in [5.41, 5.74) is 2.90. The van der Waals surface area contributed by atoms with Crippen molar-refractivity contribution in [3.63, 3.8) is 0 Å². The molecule has 1 amide bonds. The average Bonchev–Trinajstić information content (AvgIpc) is 3.24. The van der Waals surface area contributed by atoms with Crippen LogP contribution in [-0.2, 0) is 0 Å². The number of hydrogen-bond donors (Lipinski definition) is 1. The number of nitrogens with one attached hydrogen (secondary N) is 1. The van der Waals surface area contributed by atoms with E-state index in [1.807, 2.05) is 44.1 Å². The number of rotatable bonds is 4. The summed E-state index contributed by atoms with van der Waals surface area (Å²) in [6, 6.07) is 13.6. The molecule has 0 aliphatic rings. The van der Waals surface area contributed by atoms with Crippen molar-refractivity contribution in [3.05, 3.63) is 65.6 Å². The lowest BCUT2D eigenvalue weighted by atomic mass is 10.2. The number of aromatic nitrogens is 3. The van der Waals surface area contributed by atoms with Crippen LogP contribution in [0.1, 0.15) is 16.1 Å². The number of halogens is 1. The molecule has 1 N–H and O–H groups in total. The molecule has 0 bridgehead atoms. The highest BCUT2D eigenvalue weighted by Gasteiger charge is 2.16. The molecule has 0 aliphatic heterocycles. The number of aryl methyl sites for hydroxylation is 1. The fourth-order valence-corrected chi connectivity index (χ4v) is 3.78. The van der Waals surface area contributed by atoms with Crippen molar-refractivity contribution >= 4 is 39.0 Å². The molecule has 2 aromatic heterocycles. The minimum atomic E-state index is -0.311. The smallest absolute Gasteiger partial charge is 0.256 e. The molecule has 2 aromatic carbocycles. The largest absolute Gasteiger partial charge is 0.378 e. The second-order valence-electron chi connectivity index (χ2n) is 6.59. The van der Waals surface area contributed by atoms with Gasteiger partial charge in [0.2, 0.25) is 5.13 Å². The Kier molecular flexibility index (Phi) is 4.56. The first kappa shape index (κ1) is 18.1. The molecule has 6 nitrogen and oxygen atoms in total. The minimum absolute atomic E-state index is 0.239. The predicted molar refractivity (Wildman–Crippen MR) is 110 cm³/mol. The van der Waals surface area contributed by atoms with Crippen molar-refractivity contribution in [2.24, 2.45) is 0 Å². The molecule has 2 heterocycles. The molecular formula is C20H18FN5OS. The summed E-state index contributed by atoms with van der Waals surface area (Å²) >= 11 is 1.31. The van der Waals surface area contributed by atoms with E-state index in [0.717, 1.165) is 16.1 Å². The summed E-state index contributed by atoms with van der Waals surface area (Å²) < 4.78 is 15.8. The zero-order valence-electron chi connectivity index (χ0n) is 15.6.